The summed E-state index contributed by atoms with van der Waals surface area (Å²) in [5.74, 6) is -14.8. The number of esters is 2. The number of aromatic nitrogens is 6. The lowest BCUT2D eigenvalue weighted by Crippen LogP contribution is -2.32. The van der Waals surface area contributed by atoms with E-state index in [0.717, 1.165) is 0 Å². The molecule has 0 aliphatic heterocycles. The molecule has 39 heteroatoms. The molecule has 6 saturated carbocycles. The molecule has 6 aliphatic carbocycles. The number of primary amides is 1. The van der Waals surface area contributed by atoms with E-state index in [0.29, 0.717) is 136 Å². The molecule has 0 unspecified atom stereocenters. The number of carbonyl (C=O) groups is 6. The van der Waals surface area contributed by atoms with E-state index in [1.807, 2.05) is 13.8 Å². The Balaban J connectivity index is 0.000000247. The van der Waals surface area contributed by atoms with Crippen LogP contribution in [0.3, 0.4) is 0 Å². The highest BCUT2D eigenvalue weighted by atomic mass is 35.5. The van der Waals surface area contributed by atoms with Gasteiger partial charge in [-0.2, -0.15) is 5.10 Å². The van der Waals surface area contributed by atoms with Gasteiger partial charge in [0.05, 0.1) is 61.4 Å². The number of rotatable bonds is 16. The highest BCUT2D eigenvalue weighted by molar-refractivity contribution is 6.61. The van der Waals surface area contributed by atoms with Crippen LogP contribution in [-0.4, -0.2) is 145 Å². The second-order valence-corrected chi connectivity index (χ2v) is 29.7. The Morgan fingerprint density at radius 1 is 0.543 bits per heavy atom. The normalized spacial score (nSPS) is 18.8. The van der Waals surface area contributed by atoms with Gasteiger partial charge in [-0.15, -0.1) is 31.4 Å². The van der Waals surface area contributed by atoms with E-state index < -0.39 is 65.6 Å². The average molecular weight is 1720 g/mol. The van der Waals surface area contributed by atoms with Crippen molar-refractivity contribution in [3.63, 3.8) is 0 Å². The highest BCUT2D eigenvalue weighted by Crippen LogP contribution is 2.41. The van der Waals surface area contributed by atoms with E-state index in [1.54, 1.807) is 50.2 Å². The number of nitrogens with two attached hydrogens (primary N) is 2. The second-order valence-electron chi connectivity index (χ2n) is 29.0. The van der Waals surface area contributed by atoms with Gasteiger partial charge in [-0.3, -0.25) is 24.0 Å². The summed E-state index contributed by atoms with van der Waals surface area (Å²) in [6.45, 7) is 9.65. The van der Waals surface area contributed by atoms with Crippen molar-refractivity contribution in [3.05, 3.63) is 90.3 Å². The highest BCUT2D eigenvalue weighted by Gasteiger charge is 2.41. The van der Waals surface area contributed by atoms with Crippen molar-refractivity contribution in [1.29, 1.82) is 0 Å². The first-order valence-corrected chi connectivity index (χ1v) is 38.5. The minimum absolute atomic E-state index is 0.0253. The minimum Gasteiger partial charge on any atom is -0.481 e. The number of imidazole rings is 2. The SMILES string of the molecule is CC(C)COC(=O)Cl.CCOC(=O)C1CCC(=O)CC1.CCOC(=O)C1CCC(F)(F)CC1.FC(F)(F)Oc1cccc(-c2cnc3ccc(Cl)nn23)c1.FC1(F)CCC(CNc2ccc3ncc(-c4cccc(OC(F)(F)F)c4)n3n2)CC1.NC(=O)C1CCC(F)(F)CC1.NCC1CCC(F)(F)CC1.O=C(O)C1CCC(F)(F)CC1. The van der Waals surface area contributed by atoms with Gasteiger partial charge in [-0.05, 0) is 164 Å². The molecule has 648 valence electrons. The van der Waals surface area contributed by atoms with E-state index >= 15 is 0 Å². The number of benzene rings is 2. The summed E-state index contributed by atoms with van der Waals surface area (Å²) in [4.78, 5) is 72.3. The number of fused-ring (bicyclic) bond motifs is 2. The van der Waals surface area contributed by atoms with Crippen LogP contribution in [0.25, 0.3) is 33.8 Å². The number of Topliss-reactive ketones (excluding diaryl/α,β-unsaturated/α-hetero) is 1. The summed E-state index contributed by atoms with van der Waals surface area (Å²) in [5, 5.41) is 20.4. The van der Waals surface area contributed by atoms with Crippen molar-refractivity contribution in [1.82, 2.24) is 29.2 Å². The topological polar surface area (TPSA) is 293 Å². The quantitative estimate of drug-likeness (QED) is 0.0303. The second kappa shape index (κ2) is 45.5. The van der Waals surface area contributed by atoms with Crippen molar-refractivity contribution in [2.45, 2.75) is 224 Å². The number of hydrogen-bond donors (Lipinski definition) is 4. The zero-order chi connectivity index (χ0) is 86.4. The standard InChI is InChI=1S/C20H19F5N4O.C13H7ClF3N3O.C9H14F2O2.C9H14O3.C7H11F2NO.C7H13F2N.C7H10F2O2.C5H9ClO2/c21-19(22)8-6-13(7-9-19)11-26-17-4-5-18-27-12-16(29(18)28-17)14-2-1-3-15(10-14)30-20(23,24)25;14-11-4-5-12-18-7-10(20(12)19-11)8-2-1-3-9(6-8)21-13(15,16)17;1-2-13-8(12)7-3-5-9(10,11)6-4-7;1-2-12-9(11)7-3-5-8(10)6-4-7;8-7(9)3-1-5(2-4-7)6(10)11;8-7(9)3-1-6(5-10)2-4-7;8-7(9)3-1-5(2-4-7)6(10)11;1-4(2)3-8-5(6)7/h1-5,10,12-13H,6-9,11H2,(H,26,28);1-7H;7H,2-6H2,1H3;7H,2-6H2,1H3;5H,1-4H2,(H2,10,11);6H,1-5,10H2;5H,1-4H2,(H,10,11);4H,3H2,1-2H3. The molecule has 21 nitrogen and oxygen atoms in total. The van der Waals surface area contributed by atoms with Crippen LogP contribution >= 0.6 is 23.2 Å². The third-order valence-electron chi connectivity index (χ3n) is 19.2. The van der Waals surface area contributed by atoms with Crippen molar-refractivity contribution in [2.24, 2.45) is 52.9 Å². The smallest absolute Gasteiger partial charge is 0.481 e. The Morgan fingerprint density at radius 3 is 1.29 bits per heavy atom. The van der Waals surface area contributed by atoms with Gasteiger partial charge in [-0.1, -0.05) is 49.7 Å². The number of halogens is 18. The first-order valence-electron chi connectivity index (χ1n) is 37.8. The number of aliphatic carboxylic acids is 1. The lowest BCUT2D eigenvalue weighted by Gasteiger charge is -2.28. The van der Waals surface area contributed by atoms with Gasteiger partial charge in [0.2, 0.25) is 35.5 Å². The number of ketones is 1. The van der Waals surface area contributed by atoms with E-state index in [-0.39, 0.29) is 161 Å². The van der Waals surface area contributed by atoms with Gasteiger partial charge in [0.15, 0.2) is 11.3 Å². The fourth-order valence-corrected chi connectivity index (χ4v) is 12.8. The number of carboxylic acid groups (broad SMARTS) is 1. The maximum Gasteiger partial charge on any atom is 0.573 e. The zero-order valence-electron chi connectivity index (χ0n) is 64.2. The summed E-state index contributed by atoms with van der Waals surface area (Å²) in [7, 11) is 0. The lowest BCUT2D eigenvalue weighted by molar-refractivity contribution is -0.275. The van der Waals surface area contributed by atoms with Crippen LogP contribution in [0, 0.1) is 41.4 Å². The van der Waals surface area contributed by atoms with Gasteiger partial charge in [0.1, 0.15) is 28.3 Å². The molecule has 0 bridgehead atoms. The molecule has 12 rings (SSSR count). The van der Waals surface area contributed by atoms with E-state index in [1.165, 1.54) is 57.8 Å². The summed E-state index contributed by atoms with van der Waals surface area (Å²) >= 11 is 10.7. The van der Waals surface area contributed by atoms with Gasteiger partial charge in [-0.25, -0.2) is 67.7 Å². The number of nitrogens with one attached hydrogen (secondary N) is 1. The zero-order valence-corrected chi connectivity index (χ0v) is 65.7. The van der Waals surface area contributed by atoms with Crippen LogP contribution in [0.15, 0.2) is 85.2 Å². The number of hydrogen-bond acceptors (Lipinski definition) is 17. The van der Waals surface area contributed by atoms with Crippen LogP contribution in [0.2, 0.25) is 5.15 Å². The van der Waals surface area contributed by atoms with Crippen LogP contribution < -0.4 is 26.3 Å². The molecule has 6 aliphatic rings. The largest absolute Gasteiger partial charge is 0.573 e. The molecular weight excluding hydrogens is 1620 g/mol. The molecule has 6 N–H and O–H groups in total. The van der Waals surface area contributed by atoms with E-state index in [2.05, 4.69) is 39.7 Å². The summed E-state index contributed by atoms with van der Waals surface area (Å²) in [6, 6.07) is 17.8. The first-order chi connectivity index (χ1) is 54.2. The van der Waals surface area contributed by atoms with E-state index in [4.69, 9.17) is 49.2 Å². The lowest BCUT2D eigenvalue weighted by atomic mass is 9.86. The molecule has 1 amide bonds. The Labute approximate surface area is 669 Å². The molecule has 0 radical (unpaired) electrons. The Morgan fingerprint density at radius 2 is 0.922 bits per heavy atom. The maximum atomic E-state index is 13.3. The minimum atomic E-state index is -4.78. The van der Waals surface area contributed by atoms with Crippen molar-refractivity contribution in [3.8, 4) is 34.0 Å². The van der Waals surface area contributed by atoms with Crippen LogP contribution in [0.5, 0.6) is 11.5 Å². The molecule has 116 heavy (non-hydrogen) atoms. The predicted octanol–water partition coefficient (Wildman–Crippen LogP) is 20.1. The first kappa shape index (κ1) is 98.1. The van der Waals surface area contributed by atoms with Gasteiger partial charge in [0.25, 0.3) is 0 Å². The molecule has 4 aromatic heterocycles. The number of alkyl halides is 16. The number of nitrogens with zero attached hydrogens (tertiary/aromatic N) is 6. The molecule has 4 heterocycles. The Kier molecular flexibility index (Phi) is 38.4. The fourth-order valence-electron chi connectivity index (χ4n) is 12.6. The molecule has 0 saturated heterocycles. The van der Waals surface area contributed by atoms with Gasteiger partial charge < -0.3 is 45.6 Å². The fraction of sp³-hybridized carbons (Fsp3) is 0.610. The van der Waals surface area contributed by atoms with Crippen LogP contribution in [-0.2, 0) is 38.2 Å². The number of ether oxygens (including phenoxy) is 5. The number of carboxylic acids is 1. The Bertz CT molecular complexity index is 4000. The molecular formula is C77H97Cl2F16N9O12. The third-order valence-corrected chi connectivity index (χ3v) is 19.5. The number of amides is 1. The summed E-state index contributed by atoms with van der Waals surface area (Å²) in [5.41, 5.74) is 12.6. The van der Waals surface area contributed by atoms with Crippen LogP contribution in [0.4, 0.5) is 80.9 Å². The molecule has 0 atom stereocenters. The molecule has 6 aromatic rings. The molecule has 0 spiro atoms. The summed E-state index contributed by atoms with van der Waals surface area (Å²) in [6.07, 6.45) is -2.17. The summed E-state index contributed by atoms with van der Waals surface area (Å²) < 4.78 is 226. The van der Waals surface area contributed by atoms with Crippen molar-refractivity contribution in [2.75, 3.05) is 38.2 Å². The van der Waals surface area contributed by atoms with E-state index in [9.17, 15) is 99.0 Å². The maximum absolute atomic E-state index is 13.3. The number of carbonyl (C=O) groups excluding carboxylic acids is 5. The molecule has 2 aromatic carbocycles. The third kappa shape index (κ3) is 36.6. The van der Waals surface area contributed by atoms with Crippen LogP contribution in [0.1, 0.15) is 182 Å². The van der Waals surface area contributed by atoms with Gasteiger partial charge in [0, 0.05) is 112 Å². The molecule has 6 fully saturated rings. The van der Waals surface area contributed by atoms with Gasteiger partial charge >= 0.3 is 36.1 Å². The Hall–Kier alpha value is -8.48. The predicted molar refractivity (Wildman–Crippen MR) is 396 cm³/mol. The van der Waals surface area contributed by atoms with Crippen molar-refractivity contribution < 1.29 is 128 Å². The number of anilines is 1. The average Bonchev–Trinajstić information content (AvgIpc) is 1.65. The van der Waals surface area contributed by atoms with Crippen molar-refractivity contribution >= 4 is 75.3 Å². The monoisotopic (exact) mass is 1710 g/mol.